The van der Waals surface area contributed by atoms with Crippen molar-refractivity contribution < 1.29 is 19.1 Å². The summed E-state index contributed by atoms with van der Waals surface area (Å²) >= 11 is 0. The van der Waals surface area contributed by atoms with Gasteiger partial charge in [0, 0.05) is 29.2 Å². The third-order valence-electron chi connectivity index (χ3n) is 4.91. The summed E-state index contributed by atoms with van der Waals surface area (Å²) in [5, 5.41) is 10.9. The quantitative estimate of drug-likeness (QED) is 0.416. The molecule has 0 bridgehead atoms. The molecule has 0 radical (unpaired) electrons. The van der Waals surface area contributed by atoms with Gasteiger partial charge in [0.25, 0.3) is 11.7 Å². The van der Waals surface area contributed by atoms with Gasteiger partial charge in [0.05, 0.1) is 11.6 Å². The Kier molecular flexibility index (Phi) is 4.68. The zero-order valence-electron chi connectivity index (χ0n) is 15.5. The summed E-state index contributed by atoms with van der Waals surface area (Å²) < 4.78 is 14.7. The van der Waals surface area contributed by atoms with Crippen molar-refractivity contribution in [2.75, 3.05) is 4.90 Å². The Bertz CT molecular complexity index is 1120. The number of rotatable bonds is 3. The number of aromatic nitrogens is 1. The first-order valence-electron chi connectivity index (χ1n) is 9.01. The number of anilines is 1. The molecule has 1 fully saturated rings. The minimum Gasteiger partial charge on any atom is -0.507 e. The van der Waals surface area contributed by atoms with Gasteiger partial charge in [-0.1, -0.05) is 35.9 Å². The number of carbonyl (C=O) groups is 2. The topological polar surface area (TPSA) is 70.5 Å². The van der Waals surface area contributed by atoms with Crippen LogP contribution < -0.4 is 4.90 Å². The smallest absolute Gasteiger partial charge is 0.300 e. The molecule has 1 atom stereocenters. The zero-order chi connectivity index (χ0) is 20.5. The summed E-state index contributed by atoms with van der Waals surface area (Å²) in [5.41, 5.74) is 1.71. The van der Waals surface area contributed by atoms with Gasteiger partial charge in [-0.15, -0.1) is 0 Å². The minimum atomic E-state index is -1.09. The van der Waals surface area contributed by atoms with Crippen LogP contribution in [0.2, 0.25) is 0 Å². The lowest BCUT2D eigenvalue weighted by Crippen LogP contribution is -2.29. The summed E-state index contributed by atoms with van der Waals surface area (Å²) in [6, 6.07) is 14.9. The van der Waals surface area contributed by atoms with Gasteiger partial charge in [0.2, 0.25) is 0 Å². The van der Waals surface area contributed by atoms with Crippen molar-refractivity contribution >= 4 is 23.1 Å². The van der Waals surface area contributed by atoms with Gasteiger partial charge >= 0.3 is 0 Å². The van der Waals surface area contributed by atoms with Crippen molar-refractivity contribution in [3.8, 4) is 0 Å². The standard InChI is InChI=1S/C23H17FN2O3/c1-14-6-8-16(9-7-14)26-20(17-4-2-3-5-18(17)24)19(22(28)23(26)29)21(27)15-10-12-25-13-11-15/h2-13,20,27H,1H3/b21-19-. The van der Waals surface area contributed by atoms with E-state index in [0.717, 1.165) is 5.56 Å². The number of aliphatic hydroxyl groups is 1. The molecule has 1 aromatic heterocycles. The van der Waals surface area contributed by atoms with Crippen LogP contribution in [0.5, 0.6) is 0 Å². The Morgan fingerprint density at radius 3 is 2.31 bits per heavy atom. The van der Waals surface area contributed by atoms with E-state index in [9.17, 15) is 19.1 Å². The molecule has 29 heavy (non-hydrogen) atoms. The average molecular weight is 388 g/mol. The van der Waals surface area contributed by atoms with Crippen LogP contribution in [0.15, 0.2) is 78.6 Å². The molecule has 5 nitrogen and oxygen atoms in total. The van der Waals surface area contributed by atoms with Crippen LogP contribution in [0.3, 0.4) is 0 Å². The second-order valence-corrected chi connectivity index (χ2v) is 6.76. The molecule has 0 saturated carbocycles. The van der Waals surface area contributed by atoms with Crippen molar-refractivity contribution in [3.05, 3.63) is 101 Å². The second kappa shape index (κ2) is 7.31. The molecule has 1 amide bonds. The highest BCUT2D eigenvalue weighted by molar-refractivity contribution is 6.51. The molecule has 4 rings (SSSR count). The maximum atomic E-state index is 14.7. The number of benzene rings is 2. The molecule has 0 spiro atoms. The van der Waals surface area contributed by atoms with Gasteiger partial charge in [0.1, 0.15) is 11.6 Å². The number of nitrogens with zero attached hydrogens (tertiary/aromatic N) is 2. The highest BCUT2D eigenvalue weighted by Gasteiger charge is 2.47. The number of pyridine rings is 1. The number of hydrogen-bond donors (Lipinski definition) is 1. The van der Waals surface area contributed by atoms with Crippen molar-refractivity contribution in [1.82, 2.24) is 4.98 Å². The monoisotopic (exact) mass is 388 g/mol. The highest BCUT2D eigenvalue weighted by Crippen LogP contribution is 2.42. The lowest BCUT2D eigenvalue weighted by molar-refractivity contribution is -0.132. The van der Waals surface area contributed by atoms with Crippen LogP contribution in [-0.2, 0) is 9.59 Å². The molecule has 3 aromatic rings. The first-order chi connectivity index (χ1) is 14.0. The summed E-state index contributed by atoms with van der Waals surface area (Å²) in [7, 11) is 0. The van der Waals surface area contributed by atoms with Gasteiger partial charge in [0.15, 0.2) is 0 Å². The van der Waals surface area contributed by atoms with Gasteiger partial charge < -0.3 is 5.11 Å². The molecule has 1 aliphatic rings. The lowest BCUT2D eigenvalue weighted by Gasteiger charge is -2.25. The molecular formula is C23H17FN2O3. The van der Waals surface area contributed by atoms with E-state index in [2.05, 4.69) is 4.98 Å². The average Bonchev–Trinajstić information content (AvgIpc) is 3.00. The number of aliphatic hydroxyl groups excluding tert-OH is 1. The number of Topliss-reactive ketones (excluding diaryl/α,β-unsaturated/α-hetero) is 1. The summed E-state index contributed by atoms with van der Waals surface area (Å²) in [5.74, 6) is -2.63. The Balaban J connectivity index is 1.97. The fourth-order valence-corrected chi connectivity index (χ4v) is 3.46. The van der Waals surface area contributed by atoms with E-state index >= 15 is 0 Å². The van der Waals surface area contributed by atoms with E-state index in [-0.39, 0.29) is 16.9 Å². The van der Waals surface area contributed by atoms with Crippen LogP contribution in [0.25, 0.3) is 5.76 Å². The highest BCUT2D eigenvalue weighted by atomic mass is 19.1. The fraction of sp³-hybridized carbons (Fsp3) is 0.0870. The molecule has 2 heterocycles. The number of amides is 1. The van der Waals surface area contributed by atoms with E-state index in [0.29, 0.717) is 11.3 Å². The Morgan fingerprint density at radius 2 is 1.66 bits per heavy atom. The van der Waals surface area contributed by atoms with Crippen LogP contribution in [0.1, 0.15) is 22.7 Å². The van der Waals surface area contributed by atoms with Gasteiger partial charge in [-0.3, -0.25) is 19.5 Å². The first kappa shape index (κ1) is 18.6. The predicted octanol–water partition coefficient (Wildman–Crippen LogP) is 4.16. The first-order valence-corrected chi connectivity index (χ1v) is 9.01. The Morgan fingerprint density at radius 1 is 1.00 bits per heavy atom. The third kappa shape index (κ3) is 3.18. The molecule has 0 aliphatic carbocycles. The van der Waals surface area contributed by atoms with Gasteiger partial charge in [-0.2, -0.15) is 0 Å². The number of halogens is 1. The van der Waals surface area contributed by atoms with Crippen molar-refractivity contribution in [2.45, 2.75) is 13.0 Å². The van der Waals surface area contributed by atoms with Gasteiger partial charge in [-0.25, -0.2) is 4.39 Å². The maximum Gasteiger partial charge on any atom is 0.300 e. The van der Waals surface area contributed by atoms with Crippen LogP contribution >= 0.6 is 0 Å². The van der Waals surface area contributed by atoms with Crippen molar-refractivity contribution in [3.63, 3.8) is 0 Å². The molecule has 6 heteroatoms. The number of aryl methyl sites for hydroxylation is 1. The summed E-state index contributed by atoms with van der Waals surface area (Å²) in [6.07, 6.45) is 2.92. The van der Waals surface area contributed by atoms with E-state index < -0.39 is 23.5 Å². The molecule has 1 N–H and O–H groups in total. The molecule has 1 saturated heterocycles. The number of hydrogen-bond acceptors (Lipinski definition) is 4. The zero-order valence-corrected chi connectivity index (χ0v) is 15.5. The van der Waals surface area contributed by atoms with E-state index in [4.69, 9.17) is 0 Å². The second-order valence-electron chi connectivity index (χ2n) is 6.76. The van der Waals surface area contributed by atoms with E-state index in [1.165, 1.54) is 47.6 Å². The summed E-state index contributed by atoms with van der Waals surface area (Å²) in [6.45, 7) is 1.90. The maximum absolute atomic E-state index is 14.7. The van der Waals surface area contributed by atoms with Crippen molar-refractivity contribution in [1.29, 1.82) is 0 Å². The Labute approximate surface area is 166 Å². The SMILES string of the molecule is Cc1ccc(N2C(=O)C(=O)/C(=C(\O)c3ccncc3)C2c2ccccc2F)cc1. The molecule has 1 aliphatic heterocycles. The van der Waals surface area contributed by atoms with E-state index in [1.807, 2.05) is 6.92 Å². The largest absolute Gasteiger partial charge is 0.507 e. The number of ketones is 1. The third-order valence-corrected chi connectivity index (χ3v) is 4.91. The number of carbonyl (C=O) groups excluding carboxylic acids is 2. The molecule has 144 valence electrons. The molecular weight excluding hydrogens is 371 g/mol. The van der Waals surface area contributed by atoms with E-state index in [1.54, 1.807) is 30.3 Å². The predicted molar refractivity (Wildman–Crippen MR) is 107 cm³/mol. The van der Waals surface area contributed by atoms with Gasteiger partial charge in [-0.05, 0) is 37.3 Å². The summed E-state index contributed by atoms with van der Waals surface area (Å²) in [4.78, 5) is 31.0. The normalized spacial score (nSPS) is 18.3. The Hall–Kier alpha value is -3.80. The fourth-order valence-electron chi connectivity index (χ4n) is 3.46. The minimum absolute atomic E-state index is 0.128. The molecule has 1 unspecified atom stereocenters. The van der Waals surface area contributed by atoms with Crippen LogP contribution in [0.4, 0.5) is 10.1 Å². The van der Waals surface area contributed by atoms with Crippen LogP contribution in [0, 0.1) is 12.7 Å². The molecule has 2 aromatic carbocycles. The van der Waals surface area contributed by atoms with Crippen LogP contribution in [-0.4, -0.2) is 21.8 Å². The lowest BCUT2D eigenvalue weighted by atomic mass is 9.95. The van der Waals surface area contributed by atoms with Crippen molar-refractivity contribution in [2.24, 2.45) is 0 Å².